The molecule has 0 amide bonds. The summed E-state index contributed by atoms with van der Waals surface area (Å²) in [5.41, 5.74) is 0.724. The summed E-state index contributed by atoms with van der Waals surface area (Å²) in [5, 5.41) is 8.57. The highest BCUT2D eigenvalue weighted by molar-refractivity contribution is 7.89. The van der Waals surface area contributed by atoms with Gasteiger partial charge in [0.15, 0.2) is 5.96 Å². The van der Waals surface area contributed by atoms with E-state index >= 15 is 0 Å². The number of hydrogen-bond donors (Lipinski definition) is 2. The van der Waals surface area contributed by atoms with Gasteiger partial charge in [-0.2, -0.15) is 4.31 Å². The maximum absolute atomic E-state index is 13.1. The zero-order chi connectivity index (χ0) is 19.8. The van der Waals surface area contributed by atoms with Crippen LogP contribution in [-0.4, -0.2) is 38.3 Å². The first-order chi connectivity index (χ1) is 13.6. The molecule has 1 aliphatic rings. The van der Waals surface area contributed by atoms with E-state index in [9.17, 15) is 8.42 Å². The van der Waals surface area contributed by atoms with Gasteiger partial charge in [0.25, 0.3) is 0 Å². The molecule has 0 spiro atoms. The fourth-order valence-corrected chi connectivity index (χ4v) is 5.60. The third-order valence-electron chi connectivity index (χ3n) is 4.67. The molecule has 1 aromatic carbocycles. The molecule has 152 valence electrons. The highest BCUT2D eigenvalue weighted by Crippen LogP contribution is 2.24. The number of thiophene rings is 1. The van der Waals surface area contributed by atoms with Crippen LogP contribution in [-0.2, 0) is 23.1 Å². The van der Waals surface area contributed by atoms with Crippen LogP contribution in [0.1, 0.15) is 36.6 Å². The number of rotatable bonds is 7. The van der Waals surface area contributed by atoms with Crippen molar-refractivity contribution in [3.63, 3.8) is 0 Å². The summed E-state index contributed by atoms with van der Waals surface area (Å²) in [4.78, 5) is 6.21. The Morgan fingerprint density at radius 2 is 1.89 bits per heavy atom. The minimum Gasteiger partial charge on any atom is -0.357 e. The van der Waals surface area contributed by atoms with Gasteiger partial charge in [-0.25, -0.2) is 13.4 Å². The molecule has 3 rings (SSSR count). The molecule has 1 fully saturated rings. The molecule has 0 bridgehead atoms. The molecule has 0 aliphatic carbocycles. The molecular formula is C20H28N4O2S2. The fourth-order valence-electron chi connectivity index (χ4n) is 3.22. The quantitative estimate of drug-likeness (QED) is 0.533. The number of guanidine groups is 1. The summed E-state index contributed by atoms with van der Waals surface area (Å²) in [7, 11) is -3.48. The first-order valence-corrected chi connectivity index (χ1v) is 12.1. The summed E-state index contributed by atoms with van der Waals surface area (Å²) in [6.07, 6.45) is 2.95. The SMILES string of the molecule is CCNC(=NCc1ccccc1S(=O)(=O)N1CCCCC1)NCc1cccs1. The van der Waals surface area contributed by atoms with Crippen LogP contribution >= 0.6 is 11.3 Å². The largest absolute Gasteiger partial charge is 0.357 e. The number of sulfonamides is 1. The Bertz CT molecular complexity index is 873. The standard InChI is InChI=1S/C20H28N4O2S2/c1-2-21-20(23-16-18-10-8-14-27-18)22-15-17-9-4-5-11-19(17)28(25,26)24-12-6-3-7-13-24/h4-5,8-11,14H,2-3,6-7,12-13,15-16H2,1H3,(H2,21,22,23). The van der Waals surface area contributed by atoms with Crippen molar-refractivity contribution in [2.24, 2.45) is 4.99 Å². The number of aliphatic imine (C=N–C) groups is 1. The monoisotopic (exact) mass is 420 g/mol. The number of hydrogen-bond acceptors (Lipinski definition) is 4. The second kappa shape index (κ2) is 10.0. The van der Waals surface area contributed by atoms with Crippen molar-refractivity contribution < 1.29 is 8.42 Å². The molecule has 1 aliphatic heterocycles. The lowest BCUT2D eigenvalue weighted by molar-refractivity contribution is 0.346. The maximum atomic E-state index is 13.1. The predicted octanol–water partition coefficient (Wildman–Crippen LogP) is 3.18. The molecule has 8 heteroatoms. The number of benzene rings is 1. The van der Waals surface area contributed by atoms with Crippen LogP contribution in [0.4, 0.5) is 0 Å². The van der Waals surface area contributed by atoms with Gasteiger partial charge in [0.2, 0.25) is 10.0 Å². The van der Waals surface area contributed by atoms with Crippen LogP contribution in [0, 0.1) is 0 Å². The summed E-state index contributed by atoms with van der Waals surface area (Å²) in [6, 6.07) is 11.3. The summed E-state index contributed by atoms with van der Waals surface area (Å²) in [5.74, 6) is 0.682. The Morgan fingerprint density at radius 1 is 1.11 bits per heavy atom. The van der Waals surface area contributed by atoms with Crippen molar-refractivity contribution in [1.82, 2.24) is 14.9 Å². The van der Waals surface area contributed by atoms with Crippen molar-refractivity contribution in [2.75, 3.05) is 19.6 Å². The summed E-state index contributed by atoms with van der Waals surface area (Å²) < 4.78 is 27.8. The lowest BCUT2D eigenvalue weighted by Gasteiger charge is -2.26. The number of nitrogens with zero attached hydrogens (tertiary/aromatic N) is 2. The van der Waals surface area contributed by atoms with Gasteiger partial charge in [-0.05, 0) is 42.8 Å². The number of piperidine rings is 1. The fraction of sp³-hybridized carbons (Fsp3) is 0.450. The van der Waals surface area contributed by atoms with E-state index in [0.29, 0.717) is 37.0 Å². The molecular weight excluding hydrogens is 392 g/mol. The van der Waals surface area contributed by atoms with Crippen LogP contribution in [0.5, 0.6) is 0 Å². The Morgan fingerprint density at radius 3 is 2.61 bits per heavy atom. The molecule has 28 heavy (non-hydrogen) atoms. The van der Waals surface area contributed by atoms with E-state index in [4.69, 9.17) is 0 Å². The van der Waals surface area contributed by atoms with Gasteiger partial charge < -0.3 is 10.6 Å². The average molecular weight is 421 g/mol. The second-order valence-electron chi connectivity index (χ2n) is 6.70. The third kappa shape index (κ3) is 5.33. The Labute approximate surface area is 171 Å². The lowest BCUT2D eigenvalue weighted by Crippen LogP contribution is -2.37. The van der Waals surface area contributed by atoms with Crippen LogP contribution in [0.2, 0.25) is 0 Å². The molecule has 2 aromatic rings. The van der Waals surface area contributed by atoms with E-state index in [2.05, 4.69) is 21.7 Å². The van der Waals surface area contributed by atoms with Crippen LogP contribution in [0.15, 0.2) is 51.7 Å². The molecule has 2 N–H and O–H groups in total. The molecule has 0 atom stereocenters. The van der Waals surface area contributed by atoms with Crippen molar-refractivity contribution in [1.29, 1.82) is 0 Å². The van der Waals surface area contributed by atoms with E-state index < -0.39 is 10.0 Å². The van der Waals surface area contributed by atoms with Gasteiger partial charge in [0, 0.05) is 24.5 Å². The average Bonchev–Trinajstić information content (AvgIpc) is 3.24. The summed E-state index contributed by atoms with van der Waals surface area (Å²) in [6.45, 7) is 4.96. The minimum absolute atomic E-state index is 0.309. The number of nitrogens with one attached hydrogen (secondary N) is 2. The van der Waals surface area contributed by atoms with Gasteiger partial charge in [0.05, 0.1) is 18.0 Å². The molecule has 2 heterocycles. The first kappa shape index (κ1) is 20.8. The van der Waals surface area contributed by atoms with Crippen molar-refractivity contribution in [2.45, 2.75) is 44.2 Å². The molecule has 0 radical (unpaired) electrons. The van der Waals surface area contributed by atoms with Gasteiger partial charge >= 0.3 is 0 Å². The minimum atomic E-state index is -3.48. The van der Waals surface area contributed by atoms with Crippen LogP contribution in [0.25, 0.3) is 0 Å². The van der Waals surface area contributed by atoms with Gasteiger partial charge in [0.1, 0.15) is 0 Å². The highest BCUT2D eigenvalue weighted by Gasteiger charge is 2.27. The van der Waals surface area contributed by atoms with E-state index in [-0.39, 0.29) is 0 Å². The van der Waals surface area contributed by atoms with Gasteiger partial charge in [-0.15, -0.1) is 11.3 Å². The van der Waals surface area contributed by atoms with E-state index in [0.717, 1.165) is 31.4 Å². The maximum Gasteiger partial charge on any atom is 0.243 e. The van der Waals surface area contributed by atoms with Gasteiger partial charge in [-0.1, -0.05) is 30.7 Å². The Balaban J connectivity index is 1.76. The molecule has 6 nitrogen and oxygen atoms in total. The zero-order valence-corrected chi connectivity index (χ0v) is 17.9. The highest BCUT2D eigenvalue weighted by atomic mass is 32.2. The zero-order valence-electron chi connectivity index (χ0n) is 16.2. The van der Waals surface area contributed by atoms with E-state index in [1.54, 1.807) is 27.8 Å². The third-order valence-corrected chi connectivity index (χ3v) is 7.54. The van der Waals surface area contributed by atoms with Crippen molar-refractivity contribution in [3.8, 4) is 0 Å². The molecule has 0 saturated carbocycles. The molecule has 1 aromatic heterocycles. The van der Waals surface area contributed by atoms with Gasteiger partial charge in [-0.3, -0.25) is 0 Å². The van der Waals surface area contributed by atoms with Crippen molar-refractivity contribution in [3.05, 3.63) is 52.2 Å². The molecule has 0 unspecified atom stereocenters. The Kier molecular flexibility index (Phi) is 7.47. The topological polar surface area (TPSA) is 73.8 Å². The second-order valence-corrected chi connectivity index (χ2v) is 9.64. The van der Waals surface area contributed by atoms with E-state index in [1.807, 2.05) is 30.5 Å². The normalized spacial score (nSPS) is 16.1. The summed E-state index contributed by atoms with van der Waals surface area (Å²) >= 11 is 1.69. The van der Waals surface area contributed by atoms with Crippen LogP contribution in [0.3, 0.4) is 0 Å². The van der Waals surface area contributed by atoms with E-state index in [1.165, 1.54) is 4.88 Å². The van der Waals surface area contributed by atoms with Crippen LogP contribution < -0.4 is 10.6 Å². The Hall–Kier alpha value is -1.90. The predicted molar refractivity (Wildman–Crippen MR) is 115 cm³/mol. The molecule has 1 saturated heterocycles. The first-order valence-electron chi connectivity index (χ1n) is 9.74. The van der Waals surface area contributed by atoms with Crippen molar-refractivity contribution >= 4 is 27.3 Å². The lowest BCUT2D eigenvalue weighted by atomic mass is 10.2. The smallest absolute Gasteiger partial charge is 0.243 e.